The Kier molecular flexibility index (Phi) is 1.74. The second kappa shape index (κ2) is 3.36. The number of hydrogen-bond acceptors (Lipinski definition) is 4. The number of para-hydroxylation sites is 1. The Balaban J connectivity index is 2.00. The maximum atomic E-state index is 4.40. The summed E-state index contributed by atoms with van der Waals surface area (Å²) in [6.07, 6.45) is 5.09. The molecule has 0 spiro atoms. The van der Waals surface area contributed by atoms with Crippen molar-refractivity contribution in [3.05, 3.63) is 43.0 Å². The molecule has 0 saturated heterocycles. The Bertz CT molecular complexity index is 844. The van der Waals surface area contributed by atoms with Crippen LogP contribution in [0.4, 0.5) is 0 Å². The van der Waals surface area contributed by atoms with Gasteiger partial charge in [-0.05, 0) is 6.07 Å². The zero-order valence-electron chi connectivity index (χ0n) is 9.28. The number of nitrogens with one attached hydrogen (secondary N) is 1. The number of rotatable bonds is 1. The minimum absolute atomic E-state index is 0.535. The average Bonchev–Trinajstić information content (AvgIpc) is 3.04. The summed E-state index contributed by atoms with van der Waals surface area (Å²) in [7, 11) is 0. The van der Waals surface area contributed by atoms with Crippen LogP contribution in [0.2, 0.25) is 0 Å². The molecule has 0 radical (unpaired) electrons. The number of fused-ring (bicyclic) bond motifs is 2. The molecule has 6 nitrogen and oxygen atoms in total. The lowest BCUT2D eigenvalue weighted by atomic mass is 10.3. The zero-order chi connectivity index (χ0) is 11.9. The first-order valence-electron chi connectivity index (χ1n) is 5.51. The molecule has 3 heterocycles. The molecule has 18 heavy (non-hydrogen) atoms. The first-order valence-corrected chi connectivity index (χ1v) is 5.51. The molecule has 0 aliphatic carbocycles. The van der Waals surface area contributed by atoms with Crippen molar-refractivity contribution in [2.45, 2.75) is 0 Å². The minimum Gasteiger partial charge on any atom is -0.329 e. The predicted molar refractivity (Wildman–Crippen MR) is 66.3 cm³/mol. The van der Waals surface area contributed by atoms with Gasteiger partial charge < -0.3 is 4.98 Å². The van der Waals surface area contributed by atoms with Crippen molar-refractivity contribution in [3.63, 3.8) is 0 Å². The Labute approximate surface area is 101 Å². The number of benzene rings is 1. The lowest BCUT2D eigenvalue weighted by Gasteiger charge is -2.00. The van der Waals surface area contributed by atoms with Crippen LogP contribution in [-0.4, -0.2) is 29.7 Å². The van der Waals surface area contributed by atoms with Crippen molar-refractivity contribution in [1.29, 1.82) is 0 Å². The van der Waals surface area contributed by atoms with Crippen LogP contribution in [0.15, 0.2) is 43.0 Å². The number of hydrogen-bond donors (Lipinski definition) is 1. The first kappa shape index (κ1) is 9.29. The fourth-order valence-corrected chi connectivity index (χ4v) is 1.96. The van der Waals surface area contributed by atoms with Crippen LogP contribution >= 0.6 is 0 Å². The van der Waals surface area contributed by atoms with Gasteiger partial charge in [0.05, 0.1) is 24.2 Å². The lowest BCUT2D eigenvalue weighted by Crippen LogP contribution is -2.02. The molecule has 86 valence electrons. The smallest absolute Gasteiger partial charge is 0.253 e. The molecule has 1 N–H and O–H groups in total. The van der Waals surface area contributed by atoms with Crippen LogP contribution in [0.3, 0.4) is 0 Å². The summed E-state index contributed by atoms with van der Waals surface area (Å²) in [6.45, 7) is 0. The van der Waals surface area contributed by atoms with E-state index in [1.807, 2.05) is 24.3 Å². The van der Waals surface area contributed by atoms with Gasteiger partial charge in [-0.25, -0.2) is 9.97 Å². The summed E-state index contributed by atoms with van der Waals surface area (Å²) in [6, 6.07) is 7.94. The Hall–Kier alpha value is -2.76. The van der Waals surface area contributed by atoms with E-state index in [9.17, 15) is 0 Å². The van der Waals surface area contributed by atoms with Gasteiger partial charge in [-0.15, -0.1) is 0 Å². The highest BCUT2D eigenvalue weighted by atomic mass is 15.3. The second-order valence-electron chi connectivity index (χ2n) is 3.92. The molecule has 0 fully saturated rings. The van der Waals surface area contributed by atoms with Gasteiger partial charge in [0.25, 0.3) is 5.95 Å². The van der Waals surface area contributed by atoms with Crippen molar-refractivity contribution in [2.75, 3.05) is 0 Å². The number of aromatic nitrogens is 6. The van der Waals surface area contributed by atoms with E-state index >= 15 is 0 Å². The van der Waals surface area contributed by atoms with Crippen molar-refractivity contribution < 1.29 is 0 Å². The van der Waals surface area contributed by atoms with Crippen molar-refractivity contribution in [1.82, 2.24) is 29.7 Å². The van der Waals surface area contributed by atoms with Gasteiger partial charge in [-0.2, -0.15) is 14.8 Å². The molecule has 1 aromatic carbocycles. The normalized spacial score (nSPS) is 11.3. The van der Waals surface area contributed by atoms with Crippen LogP contribution in [0, 0.1) is 0 Å². The van der Waals surface area contributed by atoms with Crippen molar-refractivity contribution >= 4 is 22.1 Å². The van der Waals surface area contributed by atoms with Gasteiger partial charge >= 0.3 is 0 Å². The van der Waals surface area contributed by atoms with Gasteiger partial charge in [-0.3, -0.25) is 0 Å². The van der Waals surface area contributed by atoms with Gasteiger partial charge in [-0.1, -0.05) is 18.2 Å². The van der Waals surface area contributed by atoms with Crippen molar-refractivity contribution in [2.24, 2.45) is 0 Å². The Morgan fingerprint density at radius 3 is 3.00 bits per heavy atom. The number of H-pyrrole nitrogens is 1. The van der Waals surface area contributed by atoms with E-state index in [0.29, 0.717) is 11.6 Å². The van der Waals surface area contributed by atoms with E-state index < -0.39 is 0 Å². The molecule has 0 saturated carbocycles. The standard InChI is InChI=1S/C12H8N6/c1-2-4-10-8(3-1)5-16-18(10)12-13-6-9-11(17-12)15-7-14-9/h1-7H,(H,13,14,15,17). The maximum Gasteiger partial charge on any atom is 0.253 e. The average molecular weight is 236 g/mol. The first-order chi connectivity index (χ1) is 8.92. The highest BCUT2D eigenvalue weighted by molar-refractivity contribution is 5.80. The SMILES string of the molecule is c1ccc2c(c1)cnn2-c1ncc2nc[nH]c2n1. The summed E-state index contributed by atoms with van der Waals surface area (Å²) in [5.41, 5.74) is 2.44. The third-order valence-corrected chi connectivity index (χ3v) is 2.83. The molecule has 4 aromatic rings. The maximum absolute atomic E-state index is 4.40. The molecule has 0 unspecified atom stereocenters. The molecule has 4 rings (SSSR count). The molecular weight excluding hydrogens is 228 g/mol. The van der Waals surface area contributed by atoms with E-state index in [0.717, 1.165) is 16.4 Å². The molecule has 0 amide bonds. The van der Waals surface area contributed by atoms with E-state index in [1.165, 1.54) is 0 Å². The summed E-state index contributed by atoms with van der Waals surface area (Å²) >= 11 is 0. The predicted octanol–water partition coefficient (Wildman–Crippen LogP) is 1.69. The summed E-state index contributed by atoms with van der Waals surface area (Å²) < 4.78 is 1.72. The van der Waals surface area contributed by atoms with Crippen LogP contribution < -0.4 is 0 Å². The fraction of sp³-hybridized carbons (Fsp3) is 0. The number of nitrogens with zero attached hydrogens (tertiary/aromatic N) is 5. The monoisotopic (exact) mass is 236 g/mol. The van der Waals surface area contributed by atoms with E-state index in [4.69, 9.17) is 0 Å². The Morgan fingerprint density at radius 1 is 1.06 bits per heavy atom. The van der Waals surface area contributed by atoms with Crippen LogP contribution in [0.5, 0.6) is 0 Å². The second-order valence-corrected chi connectivity index (χ2v) is 3.92. The van der Waals surface area contributed by atoms with Crippen LogP contribution in [0.1, 0.15) is 0 Å². The zero-order valence-corrected chi connectivity index (χ0v) is 9.28. The third-order valence-electron chi connectivity index (χ3n) is 2.83. The van der Waals surface area contributed by atoms with Gasteiger partial charge in [0.2, 0.25) is 0 Å². The lowest BCUT2D eigenvalue weighted by molar-refractivity contribution is 0.839. The quantitative estimate of drug-likeness (QED) is 0.546. The van der Waals surface area contributed by atoms with Gasteiger partial charge in [0.15, 0.2) is 5.65 Å². The molecule has 3 aromatic heterocycles. The van der Waals surface area contributed by atoms with Crippen molar-refractivity contribution in [3.8, 4) is 5.95 Å². The third kappa shape index (κ3) is 1.22. The van der Waals surface area contributed by atoms with Crippen LogP contribution in [-0.2, 0) is 0 Å². The number of imidazole rings is 1. The van der Waals surface area contributed by atoms with E-state index in [1.54, 1.807) is 23.4 Å². The largest absolute Gasteiger partial charge is 0.329 e. The molecule has 0 atom stereocenters. The van der Waals surface area contributed by atoms with E-state index in [2.05, 4.69) is 25.0 Å². The fourth-order valence-electron chi connectivity index (χ4n) is 1.96. The number of aromatic amines is 1. The van der Waals surface area contributed by atoms with Crippen LogP contribution in [0.25, 0.3) is 28.0 Å². The molecular formula is C12H8N6. The highest BCUT2D eigenvalue weighted by Crippen LogP contribution is 2.16. The summed E-state index contributed by atoms with van der Waals surface area (Å²) in [4.78, 5) is 15.7. The topological polar surface area (TPSA) is 72.3 Å². The molecule has 6 heteroatoms. The van der Waals surface area contributed by atoms with Gasteiger partial charge in [0, 0.05) is 5.39 Å². The van der Waals surface area contributed by atoms with Gasteiger partial charge in [0.1, 0.15) is 5.52 Å². The molecule has 0 aliphatic rings. The highest BCUT2D eigenvalue weighted by Gasteiger charge is 2.08. The molecule has 0 bridgehead atoms. The van der Waals surface area contributed by atoms with E-state index in [-0.39, 0.29) is 0 Å². The Morgan fingerprint density at radius 2 is 2.00 bits per heavy atom. The molecule has 0 aliphatic heterocycles. The summed E-state index contributed by atoms with van der Waals surface area (Å²) in [5.74, 6) is 0.535. The minimum atomic E-state index is 0.535. The summed E-state index contributed by atoms with van der Waals surface area (Å²) in [5, 5.41) is 5.38.